The molecular weight excluding hydrogens is 1610 g/mol. The van der Waals surface area contributed by atoms with Crippen molar-refractivity contribution < 1.29 is 138 Å². The number of imidazole rings is 1. The number of primary amides is 1. The fourth-order valence-corrected chi connectivity index (χ4v) is 13.8. The fourth-order valence-electron chi connectivity index (χ4n) is 12.6. The van der Waals surface area contributed by atoms with E-state index in [1.807, 2.05) is 13.8 Å². The maximum atomic E-state index is 14.8. The molecule has 3 aromatic carbocycles. The monoisotopic (exact) mass is 1720 g/mol. The number of benzene rings is 3. The quantitative estimate of drug-likeness (QED) is 0.0193. The van der Waals surface area contributed by atoms with E-state index in [0.29, 0.717) is 21.7 Å². The number of carboxylic acids is 4. The van der Waals surface area contributed by atoms with E-state index in [9.17, 15) is 97.1 Å². The summed E-state index contributed by atoms with van der Waals surface area (Å²) in [6.45, 7) is 13.8. The number of aromatic nitrogens is 2. The Morgan fingerprint density at radius 2 is 1.20 bits per heavy atom. The van der Waals surface area contributed by atoms with Gasteiger partial charge in [-0.15, -0.1) is 11.8 Å². The van der Waals surface area contributed by atoms with Crippen LogP contribution in [0.4, 0.5) is 0 Å². The number of nitrogens with one attached hydrogen (secondary N) is 12. The molecule has 6 rings (SSSR count). The Bertz CT molecular complexity index is 4240. The molecule has 2 aliphatic rings. The smallest absolute Gasteiger partial charge is 0.872 e. The number of amides is 12. The molecule has 1 fully saturated rings. The predicted molar refractivity (Wildman–Crippen MR) is 429 cm³/mol. The van der Waals surface area contributed by atoms with Gasteiger partial charge in [0.15, 0.2) is 0 Å². The van der Waals surface area contributed by atoms with Gasteiger partial charge < -0.3 is 121 Å². The topological polar surface area (TPSA) is 657 Å². The van der Waals surface area contributed by atoms with E-state index in [1.54, 1.807) is 71.9 Å². The summed E-state index contributed by atoms with van der Waals surface area (Å²) < 4.78 is 0. The first-order valence-electron chi connectivity index (χ1n) is 39.5. The molecule has 12 amide bonds. The van der Waals surface area contributed by atoms with Gasteiger partial charge in [-0.25, -0.2) is 14.6 Å². The molecule has 41 heteroatoms. The number of aliphatic carboxylic acids is 2. The van der Waals surface area contributed by atoms with Gasteiger partial charge in [0.25, 0.3) is 0 Å². The number of aliphatic imine (C=N–C) groups is 1. The number of carbonyl (C=O) groups excluding carboxylic acids is 14. The van der Waals surface area contributed by atoms with Crippen LogP contribution in [0.1, 0.15) is 177 Å². The number of thioether (sulfide) groups is 1. The Balaban J connectivity index is 0.00000144. The zero-order valence-corrected chi connectivity index (χ0v) is 71.9. The van der Waals surface area contributed by atoms with Crippen LogP contribution in [0.3, 0.4) is 0 Å². The first kappa shape index (κ1) is 102. The molecule has 0 unspecified atom stereocenters. The number of hydrogen-bond acceptors (Lipinski definition) is 25. The molecule has 1 aromatic heterocycles. The number of nitrogens with zero attached hydrogens (tertiary/aromatic N) is 2. The molecule has 3 heterocycles. The van der Waals surface area contributed by atoms with Gasteiger partial charge in [-0.05, 0) is 117 Å². The summed E-state index contributed by atoms with van der Waals surface area (Å²) in [7, 11) is 0. The first-order chi connectivity index (χ1) is 56.7. The Morgan fingerprint density at radius 3 is 1.74 bits per heavy atom. The minimum absolute atomic E-state index is 0. The molecule has 39 nitrogen and oxygen atoms in total. The van der Waals surface area contributed by atoms with Crippen molar-refractivity contribution in [2.45, 2.75) is 224 Å². The van der Waals surface area contributed by atoms with Crippen molar-refractivity contribution >= 4 is 112 Å². The number of nitrogens with two attached hydrogens (primary N) is 3. The third-order valence-electron chi connectivity index (χ3n) is 19.9. The summed E-state index contributed by atoms with van der Waals surface area (Å²) >= 11 is 1.34. The number of aromatic amines is 1. The first-order valence-corrected chi connectivity index (χ1v) is 40.5. The molecule has 0 aliphatic carbocycles. The Hall–Kier alpha value is -11.1. The molecule has 0 bridgehead atoms. The van der Waals surface area contributed by atoms with E-state index in [4.69, 9.17) is 27.4 Å². The van der Waals surface area contributed by atoms with Crippen LogP contribution < -0.4 is 126 Å². The summed E-state index contributed by atoms with van der Waals surface area (Å²) in [4.78, 5) is 227. The molecule has 0 radical (unpaired) electrons. The fraction of sp³-hybridized carbons (Fsp3) is 0.525. The van der Waals surface area contributed by atoms with E-state index in [-0.39, 0.29) is 143 Å². The maximum Gasteiger partial charge on any atom is 1.00 e. The van der Waals surface area contributed by atoms with Crippen LogP contribution in [0.2, 0.25) is 0 Å². The molecule has 656 valence electrons. The third-order valence-corrected chi connectivity index (χ3v) is 21.0. The van der Waals surface area contributed by atoms with Gasteiger partial charge >= 0.3 is 42.9 Å². The van der Waals surface area contributed by atoms with Crippen LogP contribution in [0.5, 0.6) is 11.5 Å². The number of carboxylic acid groups (broad SMARTS) is 4. The van der Waals surface area contributed by atoms with Crippen molar-refractivity contribution in [2.24, 2.45) is 45.9 Å². The molecular formula is C80H110N17NaO22S-2. The van der Waals surface area contributed by atoms with Crippen molar-refractivity contribution in [3.8, 4) is 11.5 Å². The molecule has 14 atom stereocenters. The second-order valence-corrected chi connectivity index (χ2v) is 31.3. The van der Waals surface area contributed by atoms with Gasteiger partial charge in [-0.1, -0.05) is 134 Å². The summed E-state index contributed by atoms with van der Waals surface area (Å²) in [6.07, 6.45) is -0.0965. The second-order valence-electron chi connectivity index (χ2n) is 30.2. The van der Waals surface area contributed by atoms with E-state index >= 15 is 0 Å². The molecule has 0 spiro atoms. The third kappa shape index (κ3) is 33.8. The largest absolute Gasteiger partial charge is 1.00 e. The van der Waals surface area contributed by atoms with E-state index < -0.39 is 216 Å². The van der Waals surface area contributed by atoms with Gasteiger partial charge in [0, 0.05) is 55.4 Å². The second kappa shape index (κ2) is 50.9. The minimum Gasteiger partial charge on any atom is -0.872 e. The predicted octanol–water partition coefficient (Wildman–Crippen LogP) is -6.80. The summed E-state index contributed by atoms with van der Waals surface area (Å²) in [5, 5.41) is 93.4. The molecule has 20 N–H and O–H groups in total. The molecule has 121 heavy (non-hydrogen) atoms. The number of H-pyrrole nitrogens is 1. The number of carbonyl (C=O) groups is 16. The van der Waals surface area contributed by atoms with Crippen LogP contribution >= 0.6 is 11.8 Å². The van der Waals surface area contributed by atoms with E-state index in [0.717, 1.165) is 18.6 Å². The SMILES string of the molecule is CC[C@H](C)[C@H](N)C1=N[C@H](C(=O)N[C@@H](CC(C)C)C(=O)N[C@H](CCC(=O)[O-])C(=O)N[C@H](C(=O)N[C@H]2CCCCNC(=O)[C@H](CC(N)=O)NC(=O)[C@@H](CC(=O)[O-])NC(=O)[C@H](Cc3cnc[nH]3)NC(=O)[C@@H](Cc3ccccc3)NC(=O)[C@H]([C@@H](C)CC)NC(=O)[C@@H](CCCN)NC2=O)C(C)C)CS1.O=C(O)c1cc(Cc2ccc([O-])c(C(=O)O)c2)ccc1[O-].[H+].[Na+]. The van der Waals surface area contributed by atoms with Crippen molar-refractivity contribution in [1.82, 2.24) is 68.5 Å². The summed E-state index contributed by atoms with van der Waals surface area (Å²) in [6, 6.07) is -0.904. The number of rotatable bonds is 34. The molecule has 0 saturated carbocycles. The van der Waals surface area contributed by atoms with Crippen LogP contribution in [-0.4, -0.2) is 211 Å². The van der Waals surface area contributed by atoms with Crippen molar-refractivity contribution in [1.29, 1.82) is 0 Å². The van der Waals surface area contributed by atoms with Gasteiger partial charge in [-0.2, -0.15) is 0 Å². The van der Waals surface area contributed by atoms with Gasteiger partial charge in [0.1, 0.15) is 66.5 Å². The molecule has 1 saturated heterocycles. The van der Waals surface area contributed by atoms with E-state index in [1.165, 1.54) is 48.6 Å². The number of hydrogen-bond donors (Lipinski definition) is 17. The zero-order chi connectivity index (χ0) is 89.2. The summed E-state index contributed by atoms with van der Waals surface area (Å²) in [5.74, 6) is -20.1. The summed E-state index contributed by atoms with van der Waals surface area (Å²) in [5.41, 5.74) is 19.0. The van der Waals surface area contributed by atoms with Crippen LogP contribution in [-0.2, 0) is 86.4 Å². The van der Waals surface area contributed by atoms with Crippen LogP contribution in [0.25, 0.3) is 0 Å². The average Bonchev–Trinajstić information content (AvgIpc) is 1.81. The van der Waals surface area contributed by atoms with Crippen molar-refractivity contribution in [2.75, 3.05) is 18.8 Å². The van der Waals surface area contributed by atoms with Gasteiger partial charge in [0.05, 0.1) is 35.0 Å². The van der Waals surface area contributed by atoms with E-state index in [2.05, 4.69) is 73.4 Å². The van der Waals surface area contributed by atoms with Crippen LogP contribution in [0.15, 0.2) is 84.2 Å². The van der Waals surface area contributed by atoms with Crippen molar-refractivity contribution in [3.05, 3.63) is 113 Å². The standard InChI is InChI=1S/C65H101N17O16S.C15H12O6.Na/c1-9-35(7)51(68)65-80-47(31-99-65)62(96)75-42(25-33(3)4)58(92)73-41(21-22-49(84)85)57(91)81-52(34(5)6)63(97)74-39-19-14-15-24-70-54(88)45(28-48(67)83)77-61(95)46(29-50(86)87)78-60(94)44(27-38-30-69-32-71-38)76-59(93)43(26-37-17-12-11-13-18-37)79-64(98)53(36(8)10-2)82-56(90)40(20-16-23-66)72-55(39)89;16-12-3-1-8(6-10(12)14(18)19)5-9-2-4-13(17)11(7-9)15(20)21;/h11-13,17-18,30,32-36,39-47,51-53H,9-10,14-16,19-29,31,66,68H2,1-8H3,(H2,67,83)(H,69,71)(H,70,88)(H,72,89)(H,73,92)(H,74,97)(H,75,96)(H,76,93)(H,77,95)(H,78,94)(H,79,98)(H,81,91)(H,82,90)(H,84,85)(H,86,87);1-4,6-7,16-17H,5H2,(H,18,19)(H,20,21);/q;;+1/p-3/t35-,36-,39-,40+,41+,42-,43+,44-,45-,46+,47-,51-,52-,53-;;/m0../s1. The average molecular weight is 1720 g/mol. The Labute approximate surface area is 727 Å². The molecule has 4 aromatic rings. The minimum atomic E-state index is -2.01. The normalized spacial score (nSPS) is 20.6. The molecule has 2 aliphatic heterocycles. The zero-order valence-electron chi connectivity index (χ0n) is 70.1. The Kier molecular flexibility index (Phi) is 43.0. The van der Waals surface area contributed by atoms with Crippen LogP contribution in [0, 0.1) is 23.7 Å². The van der Waals surface area contributed by atoms with Crippen molar-refractivity contribution in [3.63, 3.8) is 0 Å². The van der Waals surface area contributed by atoms with Gasteiger partial charge in [0.2, 0.25) is 70.9 Å². The van der Waals surface area contributed by atoms with Gasteiger partial charge in [-0.3, -0.25) is 62.5 Å². The number of aromatic carboxylic acids is 2. The Morgan fingerprint density at radius 1 is 0.636 bits per heavy atom. The maximum absolute atomic E-state index is 14.8.